The molecule has 2 nitrogen and oxygen atoms in total. The van der Waals surface area contributed by atoms with Gasteiger partial charge in [0.05, 0.1) is 0 Å². The fourth-order valence-electron chi connectivity index (χ4n) is 3.26. The molecule has 0 bridgehead atoms. The molecule has 1 aromatic carbocycles. The van der Waals surface area contributed by atoms with Gasteiger partial charge < -0.3 is 10.2 Å². The first-order chi connectivity index (χ1) is 10.1. The summed E-state index contributed by atoms with van der Waals surface area (Å²) in [4.78, 5) is 2.64. The molecule has 0 spiro atoms. The maximum atomic E-state index is 3.61. The van der Waals surface area contributed by atoms with Crippen LogP contribution in [0, 0.1) is 12.8 Å². The number of hydrogen-bond acceptors (Lipinski definition) is 2. The van der Waals surface area contributed by atoms with Crippen LogP contribution in [0.25, 0.3) is 0 Å². The maximum absolute atomic E-state index is 3.61. The van der Waals surface area contributed by atoms with E-state index in [9.17, 15) is 0 Å². The van der Waals surface area contributed by atoms with Gasteiger partial charge in [-0.1, -0.05) is 44.4 Å². The molecule has 2 rings (SSSR count). The summed E-state index contributed by atoms with van der Waals surface area (Å²) in [5.74, 6) is 0.704. The Morgan fingerprint density at radius 1 is 1.24 bits per heavy atom. The van der Waals surface area contributed by atoms with Crippen LogP contribution in [-0.2, 0) is 6.54 Å². The van der Waals surface area contributed by atoms with Gasteiger partial charge in [0, 0.05) is 24.8 Å². The molecule has 1 heterocycles. The molecule has 0 radical (unpaired) electrons. The Hall–Kier alpha value is -1.02. The van der Waals surface area contributed by atoms with Crippen molar-refractivity contribution in [2.24, 2.45) is 5.92 Å². The van der Waals surface area contributed by atoms with Crippen LogP contribution in [-0.4, -0.2) is 19.1 Å². The molecule has 1 fully saturated rings. The molecule has 0 aliphatic carbocycles. The van der Waals surface area contributed by atoms with Crippen LogP contribution in [0.15, 0.2) is 18.2 Å². The Bertz CT molecular complexity index is 439. The van der Waals surface area contributed by atoms with Crippen molar-refractivity contribution in [1.29, 1.82) is 0 Å². The molecule has 0 saturated carbocycles. The third-order valence-corrected chi connectivity index (χ3v) is 4.47. The highest BCUT2D eigenvalue weighted by Crippen LogP contribution is 2.28. The molecule has 1 aromatic rings. The molecule has 118 valence electrons. The van der Waals surface area contributed by atoms with E-state index in [0.717, 1.165) is 13.1 Å². The van der Waals surface area contributed by atoms with Gasteiger partial charge in [-0.2, -0.15) is 0 Å². The zero-order valence-corrected chi connectivity index (χ0v) is 14.3. The summed E-state index contributed by atoms with van der Waals surface area (Å²) in [6.07, 6.45) is 5.42. The lowest BCUT2D eigenvalue weighted by Crippen LogP contribution is -2.34. The summed E-state index contributed by atoms with van der Waals surface area (Å²) in [6.45, 7) is 12.4. The number of anilines is 1. The number of rotatable bonds is 5. The minimum Gasteiger partial charge on any atom is -0.369 e. The Labute approximate surface area is 130 Å². The number of hydrogen-bond donors (Lipinski definition) is 1. The largest absolute Gasteiger partial charge is 0.369 e. The van der Waals surface area contributed by atoms with Crippen molar-refractivity contribution in [3.8, 4) is 0 Å². The quantitative estimate of drug-likeness (QED) is 0.857. The molecule has 1 saturated heterocycles. The van der Waals surface area contributed by atoms with Crippen molar-refractivity contribution in [3.05, 3.63) is 29.3 Å². The maximum Gasteiger partial charge on any atom is 0.0414 e. The molecule has 1 atom stereocenters. The van der Waals surface area contributed by atoms with Gasteiger partial charge in [-0.15, -0.1) is 0 Å². The summed E-state index contributed by atoms with van der Waals surface area (Å²) in [5.41, 5.74) is 4.28. The van der Waals surface area contributed by atoms with Crippen LogP contribution >= 0.6 is 0 Å². The average molecular weight is 288 g/mol. The molecular formula is C19H32N2. The molecule has 0 aromatic heterocycles. The van der Waals surface area contributed by atoms with Crippen LogP contribution in [0.4, 0.5) is 5.69 Å². The van der Waals surface area contributed by atoms with Crippen molar-refractivity contribution < 1.29 is 0 Å². The van der Waals surface area contributed by atoms with Crippen molar-refractivity contribution in [3.63, 3.8) is 0 Å². The lowest BCUT2D eigenvalue weighted by Gasteiger charge is -2.32. The molecule has 1 N–H and O–H groups in total. The zero-order chi connectivity index (χ0) is 15.2. The summed E-state index contributed by atoms with van der Waals surface area (Å²) in [5, 5.41) is 3.61. The summed E-state index contributed by atoms with van der Waals surface area (Å²) in [6, 6.07) is 7.63. The van der Waals surface area contributed by atoms with Gasteiger partial charge >= 0.3 is 0 Å². The highest BCUT2D eigenvalue weighted by Gasteiger charge is 2.19. The van der Waals surface area contributed by atoms with Gasteiger partial charge in [-0.3, -0.25) is 0 Å². The fourth-order valence-corrected chi connectivity index (χ4v) is 3.26. The lowest BCUT2D eigenvalue weighted by atomic mass is 10.1. The van der Waals surface area contributed by atoms with E-state index < -0.39 is 0 Å². The molecular weight excluding hydrogens is 256 g/mol. The summed E-state index contributed by atoms with van der Waals surface area (Å²) in [7, 11) is 0. The van der Waals surface area contributed by atoms with Crippen LogP contribution in [0.3, 0.4) is 0 Å². The Morgan fingerprint density at radius 2 is 2.05 bits per heavy atom. The number of benzene rings is 1. The van der Waals surface area contributed by atoms with Crippen molar-refractivity contribution in [1.82, 2.24) is 5.32 Å². The Balaban J connectivity index is 2.16. The van der Waals surface area contributed by atoms with Crippen molar-refractivity contribution in [2.45, 2.75) is 66.0 Å². The van der Waals surface area contributed by atoms with Gasteiger partial charge in [0.15, 0.2) is 0 Å². The summed E-state index contributed by atoms with van der Waals surface area (Å²) < 4.78 is 0. The zero-order valence-electron chi connectivity index (χ0n) is 14.3. The highest BCUT2D eigenvalue weighted by atomic mass is 15.2. The van der Waals surface area contributed by atoms with Crippen molar-refractivity contribution >= 4 is 5.69 Å². The van der Waals surface area contributed by atoms with Gasteiger partial charge in [0.1, 0.15) is 0 Å². The third-order valence-electron chi connectivity index (χ3n) is 4.47. The molecule has 0 amide bonds. The van der Waals surface area contributed by atoms with Gasteiger partial charge in [0.2, 0.25) is 0 Å². The van der Waals surface area contributed by atoms with Crippen LogP contribution < -0.4 is 10.2 Å². The first kappa shape index (κ1) is 16.4. The molecule has 2 heteroatoms. The number of aryl methyl sites for hydroxylation is 1. The summed E-state index contributed by atoms with van der Waals surface area (Å²) >= 11 is 0. The van der Waals surface area contributed by atoms with E-state index in [-0.39, 0.29) is 0 Å². The second-order valence-electron chi connectivity index (χ2n) is 7.05. The van der Waals surface area contributed by atoms with E-state index in [0.29, 0.717) is 12.0 Å². The number of nitrogens with zero attached hydrogens (tertiary/aromatic N) is 1. The van der Waals surface area contributed by atoms with E-state index in [2.05, 4.69) is 56.1 Å². The topological polar surface area (TPSA) is 15.3 Å². The molecule has 1 aliphatic rings. The smallest absolute Gasteiger partial charge is 0.0414 e. The highest BCUT2D eigenvalue weighted by molar-refractivity contribution is 5.56. The predicted octanol–water partition coefficient (Wildman–Crippen LogP) is 4.51. The Morgan fingerprint density at radius 3 is 2.81 bits per heavy atom. The van der Waals surface area contributed by atoms with E-state index >= 15 is 0 Å². The van der Waals surface area contributed by atoms with Gasteiger partial charge in [0.25, 0.3) is 0 Å². The SMILES string of the molecule is Cc1ccc(N2CCCCCC2C)c(CNCC(C)C)c1. The Kier molecular flexibility index (Phi) is 6.10. The fraction of sp³-hybridized carbons (Fsp3) is 0.684. The molecule has 1 aliphatic heterocycles. The molecule has 1 unspecified atom stereocenters. The van der Waals surface area contributed by atoms with Gasteiger partial charge in [-0.25, -0.2) is 0 Å². The van der Waals surface area contributed by atoms with E-state index in [4.69, 9.17) is 0 Å². The van der Waals surface area contributed by atoms with Crippen molar-refractivity contribution in [2.75, 3.05) is 18.0 Å². The van der Waals surface area contributed by atoms with Crippen LogP contribution in [0.1, 0.15) is 57.6 Å². The first-order valence-corrected chi connectivity index (χ1v) is 8.65. The van der Waals surface area contributed by atoms with Gasteiger partial charge in [-0.05, 0) is 50.8 Å². The normalized spacial score (nSPS) is 19.9. The van der Waals surface area contributed by atoms with Crippen LogP contribution in [0.5, 0.6) is 0 Å². The van der Waals surface area contributed by atoms with E-state index in [1.54, 1.807) is 0 Å². The third kappa shape index (κ3) is 4.74. The first-order valence-electron chi connectivity index (χ1n) is 8.65. The minimum atomic E-state index is 0.666. The predicted molar refractivity (Wildman–Crippen MR) is 93.0 cm³/mol. The average Bonchev–Trinajstić information content (AvgIpc) is 2.64. The molecule has 21 heavy (non-hydrogen) atoms. The lowest BCUT2D eigenvalue weighted by molar-refractivity contribution is 0.550. The standard InChI is InChI=1S/C19H32N2/c1-15(2)13-20-14-18-12-16(3)9-10-19(18)21-11-7-5-6-8-17(21)4/h9-10,12,15,17,20H,5-8,11,13-14H2,1-4H3. The minimum absolute atomic E-state index is 0.666. The van der Waals surface area contributed by atoms with E-state index in [1.165, 1.54) is 49.0 Å². The van der Waals surface area contributed by atoms with Crippen LogP contribution in [0.2, 0.25) is 0 Å². The second-order valence-corrected chi connectivity index (χ2v) is 7.05. The monoisotopic (exact) mass is 288 g/mol. The number of nitrogens with one attached hydrogen (secondary N) is 1. The van der Waals surface area contributed by atoms with E-state index in [1.807, 2.05) is 0 Å². The second kappa shape index (κ2) is 7.84.